The van der Waals surface area contributed by atoms with E-state index < -0.39 is 15.8 Å². The summed E-state index contributed by atoms with van der Waals surface area (Å²) in [4.78, 5) is 5.34. The third kappa shape index (κ3) is 5.52. The molecular weight excluding hydrogens is 513 g/mol. The van der Waals surface area contributed by atoms with Gasteiger partial charge >= 0.3 is 0 Å². The molecule has 0 saturated carbocycles. The molecule has 12 heteroatoms. The molecule has 0 radical (unpaired) electrons. The minimum atomic E-state index is -3.14. The first-order valence-electron chi connectivity index (χ1n) is 12.3. The van der Waals surface area contributed by atoms with Gasteiger partial charge in [-0.05, 0) is 37.6 Å². The van der Waals surface area contributed by atoms with E-state index in [0.717, 1.165) is 18.7 Å². The van der Waals surface area contributed by atoms with E-state index in [1.807, 2.05) is 6.92 Å². The van der Waals surface area contributed by atoms with Crippen molar-refractivity contribution in [2.75, 3.05) is 52.7 Å². The van der Waals surface area contributed by atoms with Gasteiger partial charge in [0.25, 0.3) is 0 Å². The summed E-state index contributed by atoms with van der Waals surface area (Å²) >= 11 is 0. The standard InChI is InChI=1S/C26H30FN5O5S/c1-17-13-19-20(29-17)5-6-22(26(19)27)37-25-16-28-30-21-15-24(23(35-2)14-18(21)25)36-12-4-7-31-8-10-32(11-9-31)38(3,33)34/h5-6,13-16,29H,4,7-12H2,1-3H3. The van der Waals surface area contributed by atoms with Crippen molar-refractivity contribution in [3.8, 4) is 23.0 Å². The van der Waals surface area contributed by atoms with Crippen molar-refractivity contribution in [3.63, 3.8) is 0 Å². The number of fused-ring (bicyclic) bond motifs is 2. The topological polar surface area (TPSA) is 110 Å². The van der Waals surface area contributed by atoms with Crippen molar-refractivity contribution in [3.05, 3.63) is 48.0 Å². The third-order valence-corrected chi connectivity index (χ3v) is 7.92. The number of nitrogens with zero attached hydrogens (tertiary/aromatic N) is 4. The monoisotopic (exact) mass is 543 g/mol. The summed E-state index contributed by atoms with van der Waals surface area (Å²) in [6.07, 6.45) is 3.45. The molecule has 0 aliphatic carbocycles. The zero-order valence-corrected chi connectivity index (χ0v) is 22.3. The molecule has 1 N–H and O–H groups in total. The minimum absolute atomic E-state index is 0.0856. The average Bonchev–Trinajstić information content (AvgIpc) is 3.29. The predicted octanol–water partition coefficient (Wildman–Crippen LogP) is 3.71. The van der Waals surface area contributed by atoms with Crippen LogP contribution in [0, 0.1) is 12.7 Å². The van der Waals surface area contributed by atoms with Crippen LogP contribution in [0.4, 0.5) is 4.39 Å². The number of ether oxygens (including phenoxy) is 3. The number of hydrogen-bond acceptors (Lipinski definition) is 8. The lowest BCUT2D eigenvalue weighted by Crippen LogP contribution is -2.48. The van der Waals surface area contributed by atoms with Gasteiger partial charge in [-0.15, -0.1) is 0 Å². The van der Waals surface area contributed by atoms with Gasteiger partial charge in [-0.25, -0.2) is 12.8 Å². The molecule has 202 valence electrons. The van der Waals surface area contributed by atoms with E-state index in [1.165, 1.54) is 16.8 Å². The van der Waals surface area contributed by atoms with Crippen LogP contribution in [-0.2, 0) is 10.0 Å². The van der Waals surface area contributed by atoms with Gasteiger partial charge < -0.3 is 24.1 Å². The molecular formula is C26H30FN5O5S. The Hall–Kier alpha value is -3.48. The number of aromatic amines is 1. The van der Waals surface area contributed by atoms with E-state index >= 15 is 4.39 Å². The summed E-state index contributed by atoms with van der Waals surface area (Å²) < 4.78 is 57.5. The molecule has 1 aliphatic heterocycles. The van der Waals surface area contributed by atoms with Crippen molar-refractivity contribution in [1.29, 1.82) is 0 Å². The number of aromatic nitrogens is 3. The second-order valence-corrected chi connectivity index (χ2v) is 11.3. The molecule has 1 aliphatic rings. The van der Waals surface area contributed by atoms with Crippen molar-refractivity contribution in [1.82, 2.24) is 24.4 Å². The zero-order chi connectivity index (χ0) is 26.9. The number of rotatable bonds is 9. The highest BCUT2D eigenvalue weighted by Gasteiger charge is 2.23. The van der Waals surface area contributed by atoms with Gasteiger partial charge in [0.15, 0.2) is 28.8 Å². The van der Waals surface area contributed by atoms with Crippen molar-refractivity contribution in [2.45, 2.75) is 13.3 Å². The minimum Gasteiger partial charge on any atom is -0.493 e. The molecule has 0 spiro atoms. The number of H-pyrrole nitrogens is 1. The lowest BCUT2D eigenvalue weighted by atomic mass is 10.2. The molecule has 4 aromatic rings. The Balaban J connectivity index is 1.26. The number of hydrogen-bond donors (Lipinski definition) is 1. The van der Waals surface area contributed by atoms with Crippen LogP contribution in [-0.4, -0.2) is 85.5 Å². The zero-order valence-electron chi connectivity index (χ0n) is 21.5. The van der Waals surface area contributed by atoms with Gasteiger partial charge in [0.2, 0.25) is 10.0 Å². The third-order valence-electron chi connectivity index (χ3n) is 6.62. The Morgan fingerprint density at radius 1 is 1.03 bits per heavy atom. The van der Waals surface area contributed by atoms with Crippen molar-refractivity contribution >= 4 is 31.8 Å². The fourth-order valence-electron chi connectivity index (χ4n) is 4.64. The largest absolute Gasteiger partial charge is 0.493 e. The maximum Gasteiger partial charge on any atom is 0.211 e. The van der Waals surface area contributed by atoms with Crippen LogP contribution in [0.2, 0.25) is 0 Å². The van der Waals surface area contributed by atoms with Crippen LogP contribution >= 0.6 is 0 Å². The first kappa shape index (κ1) is 26.1. The second-order valence-electron chi connectivity index (χ2n) is 9.33. The molecule has 1 saturated heterocycles. The smallest absolute Gasteiger partial charge is 0.211 e. The Morgan fingerprint density at radius 2 is 1.82 bits per heavy atom. The SMILES string of the molecule is COc1cc2c(Oc3ccc4[nH]c(C)cc4c3F)cnnc2cc1OCCCN1CCN(S(C)(=O)=O)CC1. The molecule has 0 atom stereocenters. The summed E-state index contributed by atoms with van der Waals surface area (Å²) in [7, 11) is -1.59. The van der Waals surface area contributed by atoms with E-state index in [2.05, 4.69) is 20.1 Å². The van der Waals surface area contributed by atoms with Gasteiger partial charge in [0, 0.05) is 55.4 Å². The lowest BCUT2D eigenvalue weighted by Gasteiger charge is -2.33. The van der Waals surface area contributed by atoms with E-state index in [9.17, 15) is 8.42 Å². The average molecular weight is 544 g/mol. The van der Waals surface area contributed by atoms with E-state index in [1.54, 1.807) is 37.4 Å². The number of benzene rings is 2. The van der Waals surface area contributed by atoms with Crippen LogP contribution < -0.4 is 14.2 Å². The van der Waals surface area contributed by atoms with Gasteiger partial charge in [0.05, 0.1) is 31.6 Å². The number of halogens is 1. The first-order chi connectivity index (χ1) is 18.2. The number of methoxy groups -OCH3 is 1. The van der Waals surface area contributed by atoms with Gasteiger partial charge in [-0.2, -0.15) is 14.5 Å². The van der Waals surface area contributed by atoms with Crippen molar-refractivity contribution < 1.29 is 27.0 Å². The highest BCUT2D eigenvalue weighted by atomic mass is 32.2. The second kappa shape index (κ2) is 10.7. The molecule has 38 heavy (non-hydrogen) atoms. The van der Waals surface area contributed by atoms with Gasteiger partial charge in [-0.1, -0.05) is 0 Å². The maximum absolute atomic E-state index is 15.1. The highest BCUT2D eigenvalue weighted by molar-refractivity contribution is 7.88. The van der Waals surface area contributed by atoms with Crippen LogP contribution in [0.25, 0.3) is 21.8 Å². The molecule has 2 aromatic heterocycles. The molecule has 3 heterocycles. The molecule has 0 unspecified atom stereocenters. The predicted molar refractivity (Wildman–Crippen MR) is 142 cm³/mol. The lowest BCUT2D eigenvalue weighted by molar-refractivity contribution is 0.174. The first-order valence-corrected chi connectivity index (χ1v) is 14.2. The van der Waals surface area contributed by atoms with E-state index in [0.29, 0.717) is 71.8 Å². The Morgan fingerprint density at radius 3 is 2.55 bits per heavy atom. The van der Waals surface area contributed by atoms with Crippen LogP contribution in [0.15, 0.2) is 36.5 Å². The van der Waals surface area contributed by atoms with Crippen molar-refractivity contribution in [2.24, 2.45) is 0 Å². The summed E-state index contributed by atoms with van der Waals surface area (Å²) in [5, 5.41) is 9.29. The molecule has 2 aromatic carbocycles. The number of sulfonamides is 1. The molecule has 0 amide bonds. The van der Waals surface area contributed by atoms with Gasteiger partial charge in [0.1, 0.15) is 5.52 Å². The van der Waals surface area contributed by atoms with E-state index in [4.69, 9.17) is 14.2 Å². The Labute approximate surface area is 220 Å². The molecule has 10 nitrogen and oxygen atoms in total. The van der Waals surface area contributed by atoms with Crippen LogP contribution in [0.1, 0.15) is 12.1 Å². The summed E-state index contributed by atoms with van der Waals surface area (Å²) in [6, 6.07) is 8.57. The molecule has 5 rings (SSSR count). The molecule has 1 fully saturated rings. The maximum atomic E-state index is 15.1. The summed E-state index contributed by atoms with van der Waals surface area (Å²) in [5.74, 6) is 0.987. The fraction of sp³-hybridized carbons (Fsp3) is 0.385. The number of piperazine rings is 1. The normalized spacial score (nSPS) is 15.3. The van der Waals surface area contributed by atoms with E-state index in [-0.39, 0.29) is 5.75 Å². The van der Waals surface area contributed by atoms with Crippen LogP contribution in [0.5, 0.6) is 23.0 Å². The van der Waals surface area contributed by atoms with Gasteiger partial charge in [-0.3, -0.25) is 0 Å². The number of aryl methyl sites for hydroxylation is 1. The fourth-order valence-corrected chi connectivity index (χ4v) is 5.46. The Bertz CT molecular complexity index is 1570. The highest BCUT2D eigenvalue weighted by Crippen LogP contribution is 2.38. The quantitative estimate of drug-likeness (QED) is 0.318. The van der Waals surface area contributed by atoms with Crippen LogP contribution in [0.3, 0.4) is 0 Å². The summed E-state index contributed by atoms with van der Waals surface area (Å²) in [5.41, 5.74) is 2.08. The molecule has 0 bridgehead atoms. The Kier molecular flexibility index (Phi) is 7.37. The summed E-state index contributed by atoms with van der Waals surface area (Å²) in [6.45, 7) is 5.51. The number of nitrogens with one attached hydrogen (secondary N) is 1.